The molecule has 11 heteroatoms. The molecule has 0 spiro atoms. The Kier molecular flexibility index (Phi) is 5.21. The quantitative estimate of drug-likeness (QED) is 0.716. The van der Waals surface area contributed by atoms with Gasteiger partial charge in [-0.15, -0.1) is 0 Å². The zero-order valence-corrected chi connectivity index (χ0v) is 12.2. The number of urea groups is 1. The van der Waals surface area contributed by atoms with Crippen molar-refractivity contribution in [2.24, 2.45) is 0 Å². The van der Waals surface area contributed by atoms with E-state index in [0.717, 1.165) is 4.90 Å². The van der Waals surface area contributed by atoms with Crippen molar-refractivity contribution in [2.75, 3.05) is 19.7 Å². The predicted molar refractivity (Wildman–Crippen MR) is 72.7 cm³/mol. The molecule has 1 fully saturated rings. The molecule has 2 N–H and O–H groups in total. The van der Waals surface area contributed by atoms with Crippen LogP contribution < -0.4 is 15.4 Å². The fraction of sp³-hybridized carbons (Fsp3) is 0.385. The molecule has 1 aliphatic heterocycles. The van der Waals surface area contributed by atoms with Gasteiger partial charge in [0.05, 0.1) is 0 Å². The first-order chi connectivity index (χ1) is 11.2. The molecule has 8 nitrogen and oxygen atoms in total. The first kappa shape index (κ1) is 17.5. The van der Waals surface area contributed by atoms with Gasteiger partial charge in [0.2, 0.25) is 17.7 Å². The minimum Gasteiger partial charge on any atom is -0.468 e. The highest BCUT2D eigenvalue weighted by atomic mass is 19.4. The number of amides is 4. The van der Waals surface area contributed by atoms with Crippen molar-refractivity contribution in [2.45, 2.75) is 12.7 Å². The Morgan fingerprint density at radius 1 is 1.42 bits per heavy atom. The second-order valence-corrected chi connectivity index (χ2v) is 4.86. The van der Waals surface area contributed by atoms with E-state index in [2.05, 4.69) is 15.0 Å². The van der Waals surface area contributed by atoms with E-state index in [1.807, 2.05) is 5.32 Å². The SMILES string of the molecule is O=C(CN1CC(=O)NC1=O)NCc1cccnc1OCC(F)(F)F. The van der Waals surface area contributed by atoms with Crippen molar-refractivity contribution in [1.29, 1.82) is 0 Å². The number of ether oxygens (including phenoxy) is 1. The predicted octanol–water partition coefficient (Wildman–Crippen LogP) is 0.191. The normalized spacial score (nSPS) is 14.5. The van der Waals surface area contributed by atoms with Gasteiger partial charge in [-0.2, -0.15) is 13.2 Å². The first-order valence-electron chi connectivity index (χ1n) is 6.73. The summed E-state index contributed by atoms with van der Waals surface area (Å²) in [6, 6.07) is 2.25. The summed E-state index contributed by atoms with van der Waals surface area (Å²) in [6.45, 7) is -2.21. The lowest BCUT2D eigenvalue weighted by Crippen LogP contribution is -2.38. The summed E-state index contributed by atoms with van der Waals surface area (Å²) in [5, 5.41) is 4.44. The number of imide groups is 1. The van der Waals surface area contributed by atoms with Gasteiger partial charge in [-0.3, -0.25) is 14.9 Å². The maximum Gasteiger partial charge on any atom is 0.422 e. The van der Waals surface area contributed by atoms with Gasteiger partial charge in [-0.05, 0) is 6.07 Å². The van der Waals surface area contributed by atoms with E-state index < -0.39 is 30.6 Å². The van der Waals surface area contributed by atoms with Crippen LogP contribution in [-0.2, 0) is 16.1 Å². The number of carbonyl (C=O) groups excluding carboxylic acids is 3. The molecule has 0 bridgehead atoms. The van der Waals surface area contributed by atoms with Crippen LogP contribution in [0.15, 0.2) is 18.3 Å². The van der Waals surface area contributed by atoms with Crippen molar-refractivity contribution in [1.82, 2.24) is 20.5 Å². The first-order valence-corrected chi connectivity index (χ1v) is 6.73. The van der Waals surface area contributed by atoms with E-state index in [1.54, 1.807) is 0 Å². The smallest absolute Gasteiger partial charge is 0.422 e. The molecule has 0 aromatic carbocycles. The molecular weight excluding hydrogens is 333 g/mol. The van der Waals surface area contributed by atoms with Crippen molar-refractivity contribution < 1.29 is 32.3 Å². The fourth-order valence-electron chi connectivity index (χ4n) is 1.87. The lowest BCUT2D eigenvalue weighted by Gasteiger charge is -2.14. The molecule has 0 atom stereocenters. The maximum absolute atomic E-state index is 12.2. The third-order valence-electron chi connectivity index (χ3n) is 2.90. The third kappa shape index (κ3) is 5.11. The van der Waals surface area contributed by atoms with Crippen LogP contribution in [0.1, 0.15) is 5.56 Å². The molecule has 130 valence electrons. The molecule has 1 aliphatic rings. The number of hydrogen-bond acceptors (Lipinski definition) is 5. The molecule has 0 radical (unpaired) electrons. The molecule has 2 heterocycles. The van der Waals surface area contributed by atoms with Crippen LogP contribution in [0.25, 0.3) is 0 Å². The van der Waals surface area contributed by atoms with Gasteiger partial charge in [0, 0.05) is 18.3 Å². The van der Waals surface area contributed by atoms with Crippen LogP contribution >= 0.6 is 0 Å². The second-order valence-electron chi connectivity index (χ2n) is 4.86. The number of hydrogen-bond donors (Lipinski definition) is 2. The number of nitrogens with one attached hydrogen (secondary N) is 2. The average Bonchev–Trinajstić information content (AvgIpc) is 2.80. The summed E-state index contributed by atoms with van der Waals surface area (Å²) in [7, 11) is 0. The number of halogens is 3. The molecule has 1 aromatic rings. The van der Waals surface area contributed by atoms with Crippen LogP contribution in [0, 0.1) is 0 Å². The minimum absolute atomic E-state index is 0.136. The number of alkyl halides is 3. The van der Waals surface area contributed by atoms with E-state index in [9.17, 15) is 27.6 Å². The van der Waals surface area contributed by atoms with Crippen molar-refractivity contribution >= 4 is 17.8 Å². The van der Waals surface area contributed by atoms with Crippen molar-refractivity contribution in [3.05, 3.63) is 23.9 Å². The molecule has 1 saturated heterocycles. The number of nitrogens with zero attached hydrogens (tertiary/aromatic N) is 2. The molecule has 24 heavy (non-hydrogen) atoms. The Bertz CT molecular complexity index is 650. The van der Waals surface area contributed by atoms with Gasteiger partial charge in [0.25, 0.3) is 0 Å². The zero-order chi connectivity index (χ0) is 17.7. The molecular formula is C13H13F3N4O4. The highest BCUT2D eigenvalue weighted by Crippen LogP contribution is 2.19. The van der Waals surface area contributed by atoms with E-state index in [-0.39, 0.29) is 31.1 Å². The minimum atomic E-state index is -4.51. The summed E-state index contributed by atoms with van der Waals surface area (Å²) in [6.07, 6.45) is -3.25. The zero-order valence-electron chi connectivity index (χ0n) is 12.2. The fourth-order valence-corrected chi connectivity index (χ4v) is 1.87. The summed E-state index contributed by atoms with van der Waals surface area (Å²) < 4.78 is 41.2. The Morgan fingerprint density at radius 2 is 2.17 bits per heavy atom. The number of rotatable bonds is 6. The molecule has 0 unspecified atom stereocenters. The lowest BCUT2D eigenvalue weighted by molar-refractivity contribution is -0.154. The highest BCUT2D eigenvalue weighted by molar-refractivity contribution is 6.03. The summed E-state index contributed by atoms with van der Waals surface area (Å²) in [4.78, 5) is 38.8. The van der Waals surface area contributed by atoms with Crippen molar-refractivity contribution in [3.63, 3.8) is 0 Å². The van der Waals surface area contributed by atoms with Crippen LogP contribution in [0.5, 0.6) is 5.88 Å². The largest absolute Gasteiger partial charge is 0.468 e. The van der Waals surface area contributed by atoms with Crippen LogP contribution in [-0.4, -0.2) is 53.6 Å². The third-order valence-corrected chi connectivity index (χ3v) is 2.90. The Morgan fingerprint density at radius 3 is 2.79 bits per heavy atom. The van der Waals surface area contributed by atoms with Crippen LogP contribution in [0.3, 0.4) is 0 Å². The molecule has 2 rings (SSSR count). The number of aromatic nitrogens is 1. The monoisotopic (exact) mass is 346 g/mol. The lowest BCUT2D eigenvalue weighted by atomic mass is 10.2. The van der Waals surface area contributed by atoms with Crippen LogP contribution in [0.2, 0.25) is 0 Å². The van der Waals surface area contributed by atoms with Gasteiger partial charge >= 0.3 is 12.2 Å². The van der Waals surface area contributed by atoms with Gasteiger partial charge < -0.3 is 15.0 Å². The maximum atomic E-state index is 12.2. The Balaban J connectivity index is 1.88. The molecule has 1 aromatic heterocycles. The van der Waals surface area contributed by atoms with E-state index >= 15 is 0 Å². The van der Waals surface area contributed by atoms with Gasteiger partial charge in [-0.25, -0.2) is 9.78 Å². The molecule has 4 amide bonds. The summed E-state index contributed by atoms with van der Waals surface area (Å²) in [5.74, 6) is -1.34. The van der Waals surface area contributed by atoms with Gasteiger partial charge in [0.1, 0.15) is 13.1 Å². The Labute approximate surface area is 134 Å². The average molecular weight is 346 g/mol. The Hall–Kier alpha value is -2.85. The van der Waals surface area contributed by atoms with Crippen molar-refractivity contribution in [3.8, 4) is 5.88 Å². The molecule has 0 saturated carbocycles. The summed E-state index contributed by atoms with van der Waals surface area (Å²) >= 11 is 0. The second kappa shape index (κ2) is 7.15. The summed E-state index contributed by atoms with van der Waals surface area (Å²) in [5.41, 5.74) is 0.247. The van der Waals surface area contributed by atoms with E-state index in [0.29, 0.717) is 0 Å². The van der Waals surface area contributed by atoms with Gasteiger partial charge in [0.15, 0.2) is 6.61 Å². The number of carbonyl (C=O) groups is 3. The highest BCUT2D eigenvalue weighted by Gasteiger charge is 2.29. The van der Waals surface area contributed by atoms with Gasteiger partial charge in [-0.1, -0.05) is 6.07 Å². The number of pyridine rings is 1. The standard InChI is InChI=1S/C13H13F3N4O4/c14-13(15,16)7-24-11-8(2-1-3-17-11)4-18-9(21)5-20-6-10(22)19-12(20)23/h1-3H,4-7H2,(H,18,21)(H,19,22,23). The van der Waals surface area contributed by atoms with E-state index in [1.165, 1.54) is 18.3 Å². The van der Waals surface area contributed by atoms with E-state index in [4.69, 9.17) is 0 Å². The van der Waals surface area contributed by atoms with Crippen LogP contribution in [0.4, 0.5) is 18.0 Å². The molecule has 0 aliphatic carbocycles. The topological polar surface area (TPSA) is 101 Å².